The zero-order chi connectivity index (χ0) is 14.4. The van der Waals surface area contributed by atoms with E-state index < -0.39 is 0 Å². The van der Waals surface area contributed by atoms with E-state index in [0.717, 1.165) is 13.0 Å². The van der Waals surface area contributed by atoms with E-state index in [1.54, 1.807) is 0 Å². The molecule has 1 saturated heterocycles. The van der Waals surface area contributed by atoms with Crippen molar-refractivity contribution in [3.05, 3.63) is 0 Å². The summed E-state index contributed by atoms with van der Waals surface area (Å²) < 4.78 is 5.44. The van der Waals surface area contributed by atoms with E-state index in [0.29, 0.717) is 19.1 Å². The van der Waals surface area contributed by atoms with Crippen LogP contribution in [0.1, 0.15) is 40.5 Å². The van der Waals surface area contributed by atoms with Gasteiger partial charge in [-0.15, -0.1) is 0 Å². The van der Waals surface area contributed by atoms with E-state index in [1.165, 1.54) is 4.90 Å². The van der Waals surface area contributed by atoms with Crippen molar-refractivity contribution < 1.29 is 14.3 Å². The van der Waals surface area contributed by atoms with Gasteiger partial charge >= 0.3 is 0 Å². The fraction of sp³-hybridized carbons (Fsp3) is 0.857. The molecule has 2 unspecified atom stereocenters. The molecule has 0 spiro atoms. The summed E-state index contributed by atoms with van der Waals surface area (Å²) in [6.45, 7) is 9.96. The van der Waals surface area contributed by atoms with Gasteiger partial charge in [0, 0.05) is 19.2 Å². The lowest BCUT2D eigenvalue weighted by Crippen LogP contribution is -2.43. The minimum atomic E-state index is -0.371. The van der Waals surface area contributed by atoms with Gasteiger partial charge in [-0.2, -0.15) is 0 Å². The highest BCUT2D eigenvalue weighted by Gasteiger charge is 2.40. The molecular formula is C14H26N2O3. The van der Waals surface area contributed by atoms with Crippen molar-refractivity contribution in [2.24, 2.45) is 5.92 Å². The van der Waals surface area contributed by atoms with Crippen LogP contribution >= 0.6 is 0 Å². The Kier molecular flexibility index (Phi) is 6.45. The Morgan fingerprint density at radius 2 is 2.05 bits per heavy atom. The molecule has 1 fully saturated rings. The molecule has 0 radical (unpaired) electrons. The summed E-state index contributed by atoms with van der Waals surface area (Å²) in [6, 6.07) is -0.381. The van der Waals surface area contributed by atoms with Crippen LogP contribution in [0.5, 0.6) is 0 Å². The third kappa shape index (κ3) is 4.58. The van der Waals surface area contributed by atoms with Gasteiger partial charge in [0.2, 0.25) is 11.8 Å². The van der Waals surface area contributed by atoms with Crippen LogP contribution in [0.2, 0.25) is 0 Å². The lowest BCUT2D eigenvalue weighted by molar-refractivity contribution is -0.141. The Bertz CT molecular complexity index is 318. The molecule has 19 heavy (non-hydrogen) atoms. The Hall–Kier alpha value is -0.940. The monoisotopic (exact) mass is 270 g/mol. The van der Waals surface area contributed by atoms with E-state index in [4.69, 9.17) is 4.74 Å². The van der Waals surface area contributed by atoms with Gasteiger partial charge in [-0.25, -0.2) is 0 Å². The second-order valence-corrected chi connectivity index (χ2v) is 5.54. The van der Waals surface area contributed by atoms with E-state index in [1.807, 2.05) is 13.8 Å². The minimum Gasteiger partial charge on any atom is -0.380 e. The molecule has 1 aliphatic rings. The second-order valence-electron chi connectivity index (χ2n) is 5.54. The topological polar surface area (TPSA) is 58.6 Å². The minimum absolute atomic E-state index is 0.0102. The summed E-state index contributed by atoms with van der Waals surface area (Å²) in [5.41, 5.74) is 0. The van der Waals surface area contributed by atoms with E-state index in [2.05, 4.69) is 19.2 Å². The number of imide groups is 1. The first-order valence-corrected chi connectivity index (χ1v) is 7.14. The first-order valence-electron chi connectivity index (χ1n) is 7.14. The number of nitrogens with zero attached hydrogens (tertiary/aromatic N) is 1. The average Bonchev–Trinajstić information content (AvgIpc) is 2.63. The maximum atomic E-state index is 12.1. The largest absolute Gasteiger partial charge is 0.380 e. The molecule has 0 aromatic carbocycles. The molecule has 0 aliphatic carbocycles. The summed E-state index contributed by atoms with van der Waals surface area (Å²) >= 11 is 0. The molecule has 110 valence electrons. The van der Waals surface area contributed by atoms with Crippen molar-refractivity contribution >= 4 is 11.8 Å². The fourth-order valence-corrected chi connectivity index (χ4v) is 2.08. The van der Waals surface area contributed by atoms with Crippen LogP contribution in [-0.2, 0) is 14.3 Å². The van der Waals surface area contributed by atoms with Crippen molar-refractivity contribution in [3.8, 4) is 0 Å². The van der Waals surface area contributed by atoms with Crippen LogP contribution in [0.15, 0.2) is 0 Å². The standard InChI is InChI=1S/C14H26N2O3/c1-5-11(4)16-13(17)8-12(14(16)18)15-6-7-19-9-10(2)3/h10-12,15H,5-9H2,1-4H3. The van der Waals surface area contributed by atoms with Crippen LogP contribution in [0.25, 0.3) is 0 Å². The molecule has 0 aromatic heterocycles. The maximum Gasteiger partial charge on any atom is 0.247 e. The van der Waals surface area contributed by atoms with Gasteiger partial charge in [-0.3, -0.25) is 14.5 Å². The van der Waals surface area contributed by atoms with Crippen molar-refractivity contribution in [2.75, 3.05) is 19.8 Å². The molecule has 0 aromatic rings. The van der Waals surface area contributed by atoms with Crippen molar-refractivity contribution in [1.29, 1.82) is 0 Å². The van der Waals surface area contributed by atoms with Gasteiger partial charge in [0.15, 0.2) is 0 Å². The van der Waals surface area contributed by atoms with Crippen molar-refractivity contribution in [2.45, 2.75) is 52.6 Å². The Balaban J connectivity index is 2.32. The predicted molar refractivity (Wildman–Crippen MR) is 73.7 cm³/mol. The summed E-state index contributed by atoms with van der Waals surface area (Å²) in [5, 5.41) is 3.11. The first kappa shape index (κ1) is 16.1. The third-order valence-electron chi connectivity index (χ3n) is 3.30. The fourth-order valence-electron chi connectivity index (χ4n) is 2.08. The maximum absolute atomic E-state index is 12.1. The number of amides is 2. The predicted octanol–water partition coefficient (Wildman–Crippen LogP) is 1.17. The summed E-state index contributed by atoms with van der Waals surface area (Å²) in [5.74, 6) is 0.346. The summed E-state index contributed by atoms with van der Waals surface area (Å²) in [4.78, 5) is 25.3. The molecule has 1 heterocycles. The van der Waals surface area contributed by atoms with Crippen LogP contribution in [0.3, 0.4) is 0 Å². The molecule has 0 saturated carbocycles. The number of rotatable bonds is 8. The Morgan fingerprint density at radius 1 is 1.37 bits per heavy atom. The molecule has 0 bridgehead atoms. The van der Waals surface area contributed by atoms with Gasteiger partial charge < -0.3 is 10.1 Å². The Labute approximate surface area is 115 Å². The first-order chi connectivity index (χ1) is 8.97. The zero-order valence-corrected chi connectivity index (χ0v) is 12.4. The molecule has 5 nitrogen and oxygen atoms in total. The molecule has 2 atom stereocenters. The van der Waals surface area contributed by atoms with Crippen LogP contribution < -0.4 is 5.32 Å². The zero-order valence-electron chi connectivity index (χ0n) is 12.4. The highest BCUT2D eigenvalue weighted by atomic mass is 16.5. The van der Waals surface area contributed by atoms with Gasteiger partial charge in [-0.1, -0.05) is 20.8 Å². The number of carbonyl (C=O) groups excluding carboxylic acids is 2. The molecule has 1 N–H and O–H groups in total. The number of nitrogens with one attached hydrogen (secondary N) is 1. The number of ether oxygens (including phenoxy) is 1. The number of carbonyl (C=O) groups is 2. The lowest BCUT2D eigenvalue weighted by Gasteiger charge is -2.21. The summed E-state index contributed by atoms with van der Waals surface area (Å²) in [6.07, 6.45) is 1.06. The SMILES string of the molecule is CCC(C)N1C(=O)CC(NCCOCC(C)C)C1=O. The van der Waals surface area contributed by atoms with Gasteiger partial charge in [0.05, 0.1) is 19.1 Å². The highest BCUT2D eigenvalue weighted by Crippen LogP contribution is 2.17. The number of hydrogen-bond donors (Lipinski definition) is 1. The molecule has 1 rings (SSSR count). The van der Waals surface area contributed by atoms with Crippen molar-refractivity contribution in [3.63, 3.8) is 0 Å². The number of likely N-dealkylation sites (tertiary alicyclic amines) is 1. The van der Waals surface area contributed by atoms with E-state index in [9.17, 15) is 9.59 Å². The highest BCUT2D eigenvalue weighted by molar-refractivity contribution is 6.05. The quantitative estimate of drug-likeness (QED) is 0.531. The van der Waals surface area contributed by atoms with Crippen LogP contribution in [-0.4, -0.2) is 48.6 Å². The molecule has 1 aliphatic heterocycles. The molecular weight excluding hydrogens is 244 g/mol. The van der Waals surface area contributed by atoms with Crippen LogP contribution in [0.4, 0.5) is 0 Å². The van der Waals surface area contributed by atoms with Crippen molar-refractivity contribution in [1.82, 2.24) is 10.2 Å². The van der Waals surface area contributed by atoms with E-state index >= 15 is 0 Å². The average molecular weight is 270 g/mol. The van der Waals surface area contributed by atoms with Gasteiger partial charge in [0.1, 0.15) is 0 Å². The molecule has 2 amide bonds. The Morgan fingerprint density at radius 3 is 2.63 bits per heavy atom. The third-order valence-corrected chi connectivity index (χ3v) is 3.30. The lowest BCUT2D eigenvalue weighted by atomic mass is 10.2. The second kappa shape index (κ2) is 7.60. The smallest absolute Gasteiger partial charge is 0.247 e. The molecule has 5 heteroatoms. The van der Waals surface area contributed by atoms with Crippen LogP contribution in [0, 0.1) is 5.92 Å². The number of hydrogen-bond acceptors (Lipinski definition) is 4. The van der Waals surface area contributed by atoms with Gasteiger partial charge in [0.25, 0.3) is 0 Å². The van der Waals surface area contributed by atoms with E-state index in [-0.39, 0.29) is 30.3 Å². The van der Waals surface area contributed by atoms with Gasteiger partial charge in [-0.05, 0) is 19.3 Å². The normalized spacial score (nSPS) is 21.5. The summed E-state index contributed by atoms with van der Waals surface area (Å²) in [7, 11) is 0.